The first kappa shape index (κ1) is 14.9. The van der Waals surface area contributed by atoms with Gasteiger partial charge in [0.2, 0.25) is 0 Å². The normalized spacial score (nSPS) is 18.6. The number of rotatable bonds is 3. The first-order valence-corrected chi connectivity index (χ1v) is 7.30. The van der Waals surface area contributed by atoms with E-state index in [0.29, 0.717) is 5.41 Å². The van der Waals surface area contributed by atoms with E-state index in [-0.39, 0.29) is 0 Å². The van der Waals surface area contributed by atoms with E-state index in [1.54, 1.807) is 0 Å². The molecule has 0 bridgehead atoms. The van der Waals surface area contributed by atoms with E-state index in [4.69, 9.17) is 4.52 Å². The number of hydrogen-bond acceptors (Lipinski definition) is 3. The van der Waals surface area contributed by atoms with Crippen LogP contribution in [-0.2, 0) is 6.42 Å². The fraction of sp³-hybridized carbons (Fsp3) is 0.733. The molecule has 20 heavy (non-hydrogen) atoms. The number of aryl methyl sites for hydroxylation is 2. The standard InChI is InChI=1S/C15H26N4O/c1-11-13(12(2)20-18-11)6-8-17-14(16-5)19-9-7-15(3,4)10-19/h6-10H2,1-5H3,(H,16,17). The van der Waals surface area contributed by atoms with Gasteiger partial charge in [-0.1, -0.05) is 19.0 Å². The van der Waals surface area contributed by atoms with E-state index in [1.165, 1.54) is 12.0 Å². The summed E-state index contributed by atoms with van der Waals surface area (Å²) in [7, 11) is 1.85. The molecule has 0 radical (unpaired) electrons. The zero-order valence-electron chi connectivity index (χ0n) is 13.3. The molecule has 0 atom stereocenters. The Labute approximate surface area is 121 Å². The maximum atomic E-state index is 5.19. The van der Waals surface area contributed by atoms with Gasteiger partial charge in [-0.15, -0.1) is 0 Å². The number of nitrogens with one attached hydrogen (secondary N) is 1. The van der Waals surface area contributed by atoms with Crippen molar-refractivity contribution in [2.75, 3.05) is 26.7 Å². The Morgan fingerprint density at radius 2 is 2.20 bits per heavy atom. The third-order valence-electron chi connectivity index (χ3n) is 4.03. The molecule has 0 aromatic carbocycles. The summed E-state index contributed by atoms with van der Waals surface area (Å²) in [4.78, 5) is 6.73. The van der Waals surface area contributed by atoms with Gasteiger partial charge in [0.15, 0.2) is 5.96 Å². The number of hydrogen-bond donors (Lipinski definition) is 1. The van der Waals surface area contributed by atoms with Gasteiger partial charge in [-0.05, 0) is 32.1 Å². The van der Waals surface area contributed by atoms with Crippen molar-refractivity contribution in [2.45, 2.75) is 40.5 Å². The Morgan fingerprint density at radius 1 is 1.45 bits per heavy atom. The molecule has 1 aliphatic rings. The van der Waals surface area contributed by atoms with Crippen LogP contribution in [0, 0.1) is 19.3 Å². The lowest BCUT2D eigenvalue weighted by Gasteiger charge is -2.23. The van der Waals surface area contributed by atoms with Gasteiger partial charge in [0.1, 0.15) is 5.76 Å². The molecule has 2 rings (SSSR count). The van der Waals surface area contributed by atoms with Gasteiger partial charge < -0.3 is 14.7 Å². The fourth-order valence-electron chi connectivity index (χ4n) is 2.78. The molecule has 1 aromatic rings. The molecule has 0 spiro atoms. The summed E-state index contributed by atoms with van der Waals surface area (Å²) < 4.78 is 5.19. The van der Waals surface area contributed by atoms with Crippen molar-refractivity contribution >= 4 is 5.96 Å². The molecular weight excluding hydrogens is 252 g/mol. The number of guanidine groups is 1. The van der Waals surface area contributed by atoms with Crippen LogP contribution in [-0.4, -0.2) is 42.7 Å². The maximum absolute atomic E-state index is 5.19. The highest BCUT2D eigenvalue weighted by Gasteiger charge is 2.30. The predicted molar refractivity (Wildman–Crippen MR) is 81.0 cm³/mol. The minimum atomic E-state index is 0.388. The largest absolute Gasteiger partial charge is 0.361 e. The highest BCUT2D eigenvalue weighted by molar-refractivity contribution is 5.80. The van der Waals surface area contributed by atoms with Crippen molar-refractivity contribution in [3.05, 3.63) is 17.0 Å². The Bertz CT molecular complexity index is 471. The molecule has 0 saturated carbocycles. The summed E-state index contributed by atoms with van der Waals surface area (Å²) in [5, 5.41) is 7.44. The Kier molecular flexibility index (Phi) is 4.35. The van der Waals surface area contributed by atoms with Gasteiger partial charge in [-0.3, -0.25) is 4.99 Å². The van der Waals surface area contributed by atoms with E-state index >= 15 is 0 Å². The SMILES string of the molecule is CN=C(NCCc1c(C)noc1C)N1CCC(C)(C)C1. The van der Waals surface area contributed by atoms with E-state index in [2.05, 4.69) is 34.2 Å². The molecular formula is C15H26N4O. The average molecular weight is 278 g/mol. The summed E-state index contributed by atoms with van der Waals surface area (Å²) >= 11 is 0. The molecule has 0 amide bonds. The minimum absolute atomic E-state index is 0.388. The van der Waals surface area contributed by atoms with E-state index in [9.17, 15) is 0 Å². The number of nitrogens with zero attached hydrogens (tertiary/aromatic N) is 3. The van der Waals surface area contributed by atoms with Crippen molar-refractivity contribution in [1.29, 1.82) is 0 Å². The molecule has 2 heterocycles. The van der Waals surface area contributed by atoms with Gasteiger partial charge in [0.25, 0.3) is 0 Å². The number of likely N-dealkylation sites (tertiary alicyclic amines) is 1. The molecule has 1 fully saturated rings. The quantitative estimate of drug-likeness (QED) is 0.680. The zero-order chi connectivity index (χ0) is 14.8. The van der Waals surface area contributed by atoms with Crippen LogP contribution in [0.4, 0.5) is 0 Å². The molecule has 0 unspecified atom stereocenters. The fourth-order valence-corrected chi connectivity index (χ4v) is 2.78. The first-order chi connectivity index (χ1) is 9.43. The van der Waals surface area contributed by atoms with Gasteiger partial charge in [-0.2, -0.15) is 0 Å². The predicted octanol–water partition coefficient (Wildman–Crippen LogP) is 2.14. The molecule has 5 nitrogen and oxygen atoms in total. The van der Waals surface area contributed by atoms with Crippen LogP contribution in [0.3, 0.4) is 0 Å². The third-order valence-corrected chi connectivity index (χ3v) is 4.03. The van der Waals surface area contributed by atoms with Gasteiger partial charge in [0.05, 0.1) is 5.69 Å². The molecule has 0 aliphatic carbocycles. The summed E-state index contributed by atoms with van der Waals surface area (Å²) in [6.45, 7) is 11.6. The summed E-state index contributed by atoms with van der Waals surface area (Å²) in [5.41, 5.74) is 2.58. The second-order valence-electron chi connectivity index (χ2n) is 6.36. The smallest absolute Gasteiger partial charge is 0.193 e. The molecule has 1 N–H and O–H groups in total. The summed E-state index contributed by atoms with van der Waals surface area (Å²) in [6.07, 6.45) is 2.13. The Hall–Kier alpha value is -1.52. The molecule has 1 saturated heterocycles. The van der Waals surface area contributed by atoms with Crippen molar-refractivity contribution in [1.82, 2.24) is 15.4 Å². The van der Waals surface area contributed by atoms with Crippen molar-refractivity contribution in [2.24, 2.45) is 10.4 Å². The van der Waals surface area contributed by atoms with E-state index in [0.717, 1.165) is 43.5 Å². The van der Waals surface area contributed by atoms with Crippen LogP contribution >= 0.6 is 0 Å². The maximum Gasteiger partial charge on any atom is 0.193 e. The number of aliphatic imine (C=N–C) groups is 1. The topological polar surface area (TPSA) is 53.7 Å². The lowest BCUT2D eigenvalue weighted by molar-refractivity contribution is 0.370. The summed E-state index contributed by atoms with van der Waals surface area (Å²) in [6, 6.07) is 0. The van der Waals surface area contributed by atoms with Crippen molar-refractivity contribution in [3.8, 4) is 0 Å². The monoisotopic (exact) mass is 278 g/mol. The minimum Gasteiger partial charge on any atom is -0.361 e. The highest BCUT2D eigenvalue weighted by Crippen LogP contribution is 2.28. The van der Waals surface area contributed by atoms with Crippen LogP contribution < -0.4 is 5.32 Å². The molecule has 1 aromatic heterocycles. The zero-order valence-corrected chi connectivity index (χ0v) is 13.3. The molecule has 5 heteroatoms. The summed E-state index contributed by atoms with van der Waals surface area (Å²) in [5.74, 6) is 1.92. The first-order valence-electron chi connectivity index (χ1n) is 7.30. The van der Waals surface area contributed by atoms with Gasteiger partial charge in [-0.25, -0.2) is 0 Å². The Balaban J connectivity index is 1.87. The third kappa shape index (κ3) is 3.32. The van der Waals surface area contributed by atoms with Gasteiger partial charge in [0, 0.05) is 32.2 Å². The lowest BCUT2D eigenvalue weighted by atomic mass is 9.93. The van der Waals surface area contributed by atoms with Crippen LogP contribution in [0.2, 0.25) is 0 Å². The second-order valence-corrected chi connectivity index (χ2v) is 6.36. The Morgan fingerprint density at radius 3 is 2.70 bits per heavy atom. The highest BCUT2D eigenvalue weighted by atomic mass is 16.5. The van der Waals surface area contributed by atoms with Crippen LogP contribution in [0.25, 0.3) is 0 Å². The van der Waals surface area contributed by atoms with Crippen LogP contribution in [0.1, 0.15) is 37.3 Å². The van der Waals surface area contributed by atoms with Crippen LogP contribution in [0.15, 0.2) is 9.52 Å². The van der Waals surface area contributed by atoms with Gasteiger partial charge >= 0.3 is 0 Å². The van der Waals surface area contributed by atoms with Crippen molar-refractivity contribution in [3.63, 3.8) is 0 Å². The molecule has 1 aliphatic heterocycles. The van der Waals surface area contributed by atoms with Crippen molar-refractivity contribution < 1.29 is 4.52 Å². The number of aromatic nitrogens is 1. The molecule has 112 valence electrons. The average Bonchev–Trinajstić information content (AvgIpc) is 2.90. The second kappa shape index (κ2) is 5.85. The lowest BCUT2D eigenvalue weighted by Crippen LogP contribution is -2.41. The van der Waals surface area contributed by atoms with E-state index < -0.39 is 0 Å². The van der Waals surface area contributed by atoms with Crippen LogP contribution in [0.5, 0.6) is 0 Å². The van der Waals surface area contributed by atoms with E-state index in [1.807, 2.05) is 20.9 Å².